The molecule has 4 heterocycles. The molecule has 1 aromatic carbocycles. The summed E-state index contributed by atoms with van der Waals surface area (Å²) >= 11 is 1.65. The van der Waals surface area contributed by atoms with Gasteiger partial charge in [-0.15, -0.1) is 11.3 Å². The van der Waals surface area contributed by atoms with Crippen molar-refractivity contribution >= 4 is 44.9 Å². The molecule has 2 saturated heterocycles. The lowest BCUT2D eigenvalue weighted by molar-refractivity contribution is -0.344. The van der Waals surface area contributed by atoms with Gasteiger partial charge in [0.1, 0.15) is 30.1 Å². The molecule has 1 aliphatic carbocycles. The number of aliphatic hydroxyl groups excluding tert-OH is 2. The Morgan fingerprint density at radius 3 is 2.44 bits per heavy atom. The van der Waals surface area contributed by atoms with Crippen LogP contribution in [-0.4, -0.2) is 126 Å². The van der Waals surface area contributed by atoms with Gasteiger partial charge in [0.2, 0.25) is 5.79 Å². The zero-order valence-corrected chi connectivity index (χ0v) is 42.5. The van der Waals surface area contributed by atoms with Crippen LogP contribution in [0.25, 0.3) is 10.1 Å². The Balaban J connectivity index is 1.27. The minimum absolute atomic E-state index is 0.0251. The van der Waals surface area contributed by atoms with Crippen LogP contribution in [0.3, 0.4) is 0 Å². The lowest BCUT2D eigenvalue weighted by atomic mass is 9.81. The molecule has 2 aromatic rings. The Labute approximate surface area is 406 Å². The lowest BCUT2D eigenvalue weighted by Crippen LogP contribution is -2.64. The number of aliphatic hydroxyl groups is 3. The molecule has 2 bridgehead atoms. The predicted molar refractivity (Wildman–Crippen MR) is 258 cm³/mol. The van der Waals surface area contributed by atoms with Gasteiger partial charge in [-0.1, -0.05) is 51.5 Å². The maximum absolute atomic E-state index is 14.6. The molecule has 378 valence electrons. The predicted octanol–water partition coefficient (Wildman–Crippen LogP) is 7.79. The molecule has 68 heavy (non-hydrogen) atoms. The standard InChI is InChI=1S/C53H77NO13S/c1-10-37-24-31(2)23-32(3)29-52(63-8,64-9)47-19-14-34(5)53(61,67-47)49(58)50(59)54-21-12-11-13-40(54)51(60)66-48(35(6)41(55)28-42(37)56)33(4)25-36-15-17-44(45(26-36)62-7)65-30-43(57)38-16-18-46-39(27-38)20-22-68-46/h16,18,20,22,24-25,27,32,34-37,40-41,43-45,47-48,55,57,61H,10-15,17,19,21,23,26,28-30H2,1-9H3. The van der Waals surface area contributed by atoms with Gasteiger partial charge in [-0.05, 0) is 130 Å². The molecule has 1 amide bonds. The third-order valence-electron chi connectivity index (χ3n) is 15.3. The summed E-state index contributed by atoms with van der Waals surface area (Å²) in [5.74, 6) is -9.07. The maximum Gasteiger partial charge on any atom is 0.329 e. The summed E-state index contributed by atoms with van der Waals surface area (Å²) in [5.41, 5.74) is 2.42. The first-order valence-electron chi connectivity index (χ1n) is 24.8. The Morgan fingerprint density at radius 1 is 0.985 bits per heavy atom. The van der Waals surface area contributed by atoms with E-state index in [2.05, 4.69) is 0 Å². The number of nitrogens with zero attached hydrogens (tertiary/aromatic N) is 1. The Morgan fingerprint density at radius 2 is 1.74 bits per heavy atom. The van der Waals surface area contributed by atoms with E-state index in [-0.39, 0.29) is 55.8 Å². The average molecular weight is 968 g/mol. The number of hydrogen-bond donors (Lipinski definition) is 3. The van der Waals surface area contributed by atoms with E-state index in [1.165, 1.54) is 19.1 Å². The molecule has 0 radical (unpaired) electrons. The number of hydrogen-bond acceptors (Lipinski definition) is 14. The van der Waals surface area contributed by atoms with E-state index < -0.39 is 77.4 Å². The van der Waals surface area contributed by atoms with E-state index in [4.69, 9.17) is 28.4 Å². The Hall–Kier alpha value is -3.38. The number of cyclic esters (lactones) is 1. The second-order valence-corrected chi connectivity index (χ2v) is 21.1. The number of allylic oxidation sites excluding steroid dienone is 3. The minimum atomic E-state index is -2.52. The van der Waals surface area contributed by atoms with Crippen molar-refractivity contribution in [1.82, 2.24) is 4.90 Å². The monoisotopic (exact) mass is 968 g/mol. The fourth-order valence-corrected chi connectivity index (χ4v) is 11.9. The van der Waals surface area contributed by atoms with Crippen molar-refractivity contribution in [3.8, 4) is 0 Å². The Kier molecular flexibility index (Phi) is 18.8. The first kappa shape index (κ1) is 54.0. The third-order valence-corrected chi connectivity index (χ3v) is 16.2. The Bertz CT molecular complexity index is 2110. The van der Waals surface area contributed by atoms with Crippen molar-refractivity contribution in [3.05, 3.63) is 58.5 Å². The highest BCUT2D eigenvalue weighted by Crippen LogP contribution is 2.42. The summed E-state index contributed by atoms with van der Waals surface area (Å²) in [5, 5.41) is 38.2. The SMILES string of the molecule is CCC1C=C(C)CC(C)CC(OC)(OC)C2CCC(C)C(O)(O2)C(=O)C(=O)N2CCCCC2C(=O)OC(C(C)=CC2CCC(OCC(O)c3ccc4sccc4c3)C(OC)C2)C(C)C(O)CC1=O. The van der Waals surface area contributed by atoms with Crippen LogP contribution in [-0.2, 0) is 47.6 Å². The molecule has 13 unspecified atom stereocenters. The molecule has 3 N–H and O–H groups in total. The number of ether oxygens (including phenoxy) is 6. The zero-order valence-electron chi connectivity index (χ0n) is 41.6. The topological polar surface area (TPSA) is 188 Å². The number of carbonyl (C=O) groups excluding carboxylic acids is 4. The number of rotatable bonds is 10. The van der Waals surface area contributed by atoms with Crippen LogP contribution >= 0.6 is 11.3 Å². The van der Waals surface area contributed by atoms with Gasteiger partial charge in [0.25, 0.3) is 11.7 Å². The highest BCUT2D eigenvalue weighted by molar-refractivity contribution is 7.17. The number of methoxy groups -OCH3 is 3. The molecule has 6 rings (SSSR count). The first-order valence-corrected chi connectivity index (χ1v) is 25.7. The zero-order chi connectivity index (χ0) is 49.5. The molecule has 1 saturated carbocycles. The summed E-state index contributed by atoms with van der Waals surface area (Å²) < 4.78 is 38.1. The summed E-state index contributed by atoms with van der Waals surface area (Å²) in [6.07, 6.45) is 4.75. The van der Waals surface area contributed by atoms with Gasteiger partial charge in [0, 0.05) is 63.2 Å². The fourth-order valence-electron chi connectivity index (χ4n) is 11.1. The van der Waals surface area contributed by atoms with Crippen molar-refractivity contribution in [3.63, 3.8) is 0 Å². The largest absolute Gasteiger partial charge is 0.456 e. The smallest absolute Gasteiger partial charge is 0.329 e. The number of ketones is 2. The fraction of sp³-hybridized carbons (Fsp3) is 0.698. The normalized spacial score (nSPS) is 34.7. The molecule has 0 spiro atoms. The number of carbonyl (C=O) groups is 4. The van der Waals surface area contributed by atoms with Crippen molar-refractivity contribution in [1.29, 1.82) is 0 Å². The van der Waals surface area contributed by atoms with E-state index in [9.17, 15) is 34.5 Å². The van der Waals surface area contributed by atoms with Crippen molar-refractivity contribution < 1.29 is 62.9 Å². The van der Waals surface area contributed by atoms with Gasteiger partial charge in [0.05, 0.1) is 24.9 Å². The van der Waals surface area contributed by atoms with Crippen LogP contribution < -0.4 is 0 Å². The van der Waals surface area contributed by atoms with E-state index in [1.807, 2.05) is 69.5 Å². The van der Waals surface area contributed by atoms with Crippen LogP contribution in [0.1, 0.15) is 130 Å². The quantitative estimate of drug-likeness (QED) is 0.0907. The number of esters is 1. The molecule has 15 heteroatoms. The molecule has 1 aromatic heterocycles. The maximum atomic E-state index is 14.6. The number of Topliss-reactive ketones (excluding diaryl/α,β-unsaturated/α-hetero) is 2. The molecule has 13 atom stereocenters. The van der Waals surface area contributed by atoms with E-state index >= 15 is 0 Å². The minimum Gasteiger partial charge on any atom is -0.456 e. The molecular weight excluding hydrogens is 891 g/mol. The second-order valence-electron chi connectivity index (χ2n) is 20.2. The van der Waals surface area contributed by atoms with Crippen molar-refractivity contribution in [2.75, 3.05) is 34.5 Å². The van der Waals surface area contributed by atoms with Gasteiger partial charge in [-0.3, -0.25) is 14.4 Å². The highest BCUT2D eigenvalue weighted by Gasteiger charge is 2.57. The summed E-state index contributed by atoms with van der Waals surface area (Å²) in [7, 11) is 4.61. The molecule has 4 aliphatic rings. The van der Waals surface area contributed by atoms with Gasteiger partial charge in [0.15, 0.2) is 5.79 Å². The number of piperidine rings is 1. The summed E-state index contributed by atoms with van der Waals surface area (Å²) in [6, 6.07) is 6.80. The summed E-state index contributed by atoms with van der Waals surface area (Å²) in [4.78, 5) is 58.5. The van der Waals surface area contributed by atoms with E-state index in [0.29, 0.717) is 69.8 Å². The van der Waals surface area contributed by atoms with Gasteiger partial charge >= 0.3 is 5.97 Å². The van der Waals surface area contributed by atoms with Gasteiger partial charge in [-0.25, -0.2) is 4.79 Å². The third kappa shape index (κ3) is 12.2. The number of thiophene rings is 1. The van der Waals surface area contributed by atoms with Crippen LogP contribution in [0.2, 0.25) is 0 Å². The number of fused-ring (bicyclic) bond motifs is 4. The van der Waals surface area contributed by atoms with Gasteiger partial charge in [-0.2, -0.15) is 0 Å². The second kappa shape index (κ2) is 23.7. The number of benzene rings is 1. The summed E-state index contributed by atoms with van der Waals surface area (Å²) in [6.45, 7) is 11.4. The van der Waals surface area contributed by atoms with E-state index in [1.54, 1.807) is 32.3 Å². The van der Waals surface area contributed by atoms with Crippen molar-refractivity contribution in [2.24, 2.45) is 29.6 Å². The van der Waals surface area contributed by atoms with Crippen LogP contribution in [0.4, 0.5) is 0 Å². The lowest BCUT2D eigenvalue weighted by Gasteiger charge is -2.48. The molecule has 3 fully saturated rings. The van der Waals surface area contributed by atoms with Crippen LogP contribution in [0.5, 0.6) is 0 Å². The van der Waals surface area contributed by atoms with Crippen LogP contribution in [0, 0.1) is 29.6 Å². The average Bonchev–Trinajstić information content (AvgIpc) is 3.81. The van der Waals surface area contributed by atoms with Crippen LogP contribution in [0.15, 0.2) is 52.9 Å². The highest BCUT2D eigenvalue weighted by atomic mass is 32.1. The van der Waals surface area contributed by atoms with E-state index in [0.717, 1.165) is 21.2 Å². The first-order chi connectivity index (χ1) is 32.4. The molecule has 3 aliphatic heterocycles. The van der Waals surface area contributed by atoms with Crippen molar-refractivity contribution in [2.45, 2.75) is 173 Å². The molecular formula is C53H77NO13S. The van der Waals surface area contributed by atoms with Gasteiger partial charge < -0.3 is 48.6 Å². The molecule has 14 nitrogen and oxygen atoms in total. The number of amides is 1.